The monoisotopic (exact) mass is 390 g/mol. The average Bonchev–Trinajstić information content (AvgIpc) is 3.30. The lowest BCUT2D eigenvalue weighted by atomic mass is 9.68. The van der Waals surface area contributed by atoms with E-state index in [1.807, 2.05) is 0 Å². The molecule has 0 unspecified atom stereocenters. The van der Waals surface area contributed by atoms with Gasteiger partial charge in [-0.1, -0.05) is 60.7 Å². The number of rotatable bonds is 3. The number of nitrogens with zero attached hydrogens (tertiary/aromatic N) is 3. The Bertz CT molecular complexity index is 826. The van der Waals surface area contributed by atoms with Gasteiger partial charge in [0.05, 0.1) is 12.5 Å². The number of carbonyl (C=O) groups excluding carboxylic acids is 1. The quantitative estimate of drug-likeness (QED) is 0.740. The van der Waals surface area contributed by atoms with E-state index in [0.29, 0.717) is 5.69 Å². The summed E-state index contributed by atoms with van der Waals surface area (Å²) in [4.78, 5) is 21.4. The molecule has 1 amide bonds. The zero-order valence-corrected chi connectivity index (χ0v) is 17.5. The van der Waals surface area contributed by atoms with Gasteiger partial charge in [0.1, 0.15) is 5.69 Å². The maximum atomic E-state index is 11.1. The molecule has 0 atom stereocenters. The highest BCUT2D eigenvalue weighted by atomic mass is 16.2. The number of piperidine rings is 1. The molecule has 0 aliphatic carbocycles. The van der Waals surface area contributed by atoms with E-state index in [1.54, 1.807) is 14.1 Å². The molecular weight excluding hydrogens is 360 g/mol. The second-order valence-electron chi connectivity index (χ2n) is 7.78. The van der Waals surface area contributed by atoms with Crippen molar-refractivity contribution in [2.45, 2.75) is 18.3 Å². The molecule has 152 valence electrons. The smallest absolute Gasteiger partial charge is 0.271 e. The molecule has 0 saturated carbocycles. The maximum absolute atomic E-state index is 11.1. The molecule has 2 aromatic carbocycles. The van der Waals surface area contributed by atoms with Crippen LogP contribution in [0.2, 0.25) is 0 Å². The summed E-state index contributed by atoms with van der Waals surface area (Å²) in [7, 11) is 5.62. The van der Waals surface area contributed by atoms with Crippen LogP contribution >= 0.6 is 0 Å². The zero-order valence-electron chi connectivity index (χ0n) is 17.5. The fourth-order valence-corrected chi connectivity index (χ4v) is 3.87. The van der Waals surface area contributed by atoms with Crippen molar-refractivity contribution >= 4 is 5.91 Å². The number of amides is 1. The van der Waals surface area contributed by atoms with Gasteiger partial charge in [-0.3, -0.25) is 4.79 Å². The summed E-state index contributed by atoms with van der Waals surface area (Å²) in [5.41, 5.74) is 3.66. The van der Waals surface area contributed by atoms with Crippen LogP contribution in [0.15, 0.2) is 73.2 Å². The first kappa shape index (κ1) is 20.8. The molecule has 1 saturated heterocycles. The highest BCUT2D eigenvalue weighted by Gasteiger charge is 2.36. The third-order valence-corrected chi connectivity index (χ3v) is 5.63. The Morgan fingerprint density at radius 2 is 1.48 bits per heavy atom. The Morgan fingerprint density at radius 3 is 1.90 bits per heavy atom. The fraction of sp³-hybridized carbons (Fsp3) is 0.333. The molecule has 5 heteroatoms. The molecule has 0 radical (unpaired) electrons. The fourth-order valence-electron chi connectivity index (χ4n) is 3.87. The summed E-state index contributed by atoms with van der Waals surface area (Å²) in [6.07, 6.45) is 5.40. The van der Waals surface area contributed by atoms with Crippen molar-refractivity contribution in [2.75, 3.05) is 34.2 Å². The number of hydrogen-bond acceptors (Lipinski definition) is 3. The van der Waals surface area contributed by atoms with E-state index in [9.17, 15) is 4.79 Å². The number of aromatic amines is 1. The van der Waals surface area contributed by atoms with Crippen LogP contribution in [0.3, 0.4) is 0 Å². The first-order valence-electron chi connectivity index (χ1n) is 10.0. The van der Waals surface area contributed by atoms with Crippen LogP contribution in [0.1, 0.15) is 34.5 Å². The minimum atomic E-state index is -0.0579. The number of benzene rings is 2. The Balaban J connectivity index is 0.000000204. The second-order valence-corrected chi connectivity index (χ2v) is 7.78. The lowest BCUT2D eigenvalue weighted by molar-refractivity contribution is 0.0822. The number of carbonyl (C=O) groups is 1. The van der Waals surface area contributed by atoms with Gasteiger partial charge in [-0.15, -0.1) is 0 Å². The Kier molecular flexibility index (Phi) is 6.83. The highest BCUT2D eigenvalue weighted by molar-refractivity contribution is 5.91. The van der Waals surface area contributed by atoms with Crippen molar-refractivity contribution in [3.8, 4) is 0 Å². The molecule has 29 heavy (non-hydrogen) atoms. The second kappa shape index (κ2) is 9.52. The van der Waals surface area contributed by atoms with E-state index in [1.165, 1.54) is 54.5 Å². The first-order valence-corrected chi connectivity index (χ1v) is 10.0. The molecule has 1 fully saturated rings. The molecular formula is C24H30N4O. The molecule has 0 spiro atoms. The number of aromatic nitrogens is 2. The van der Waals surface area contributed by atoms with Gasteiger partial charge in [0, 0.05) is 19.5 Å². The van der Waals surface area contributed by atoms with Crippen molar-refractivity contribution in [1.29, 1.82) is 0 Å². The molecule has 4 rings (SSSR count). The van der Waals surface area contributed by atoms with Gasteiger partial charge >= 0.3 is 0 Å². The topological polar surface area (TPSA) is 52.2 Å². The van der Waals surface area contributed by atoms with Crippen LogP contribution in [0.5, 0.6) is 0 Å². The first-order chi connectivity index (χ1) is 14.0. The number of nitrogens with one attached hydrogen (secondary N) is 1. The lowest BCUT2D eigenvalue weighted by Gasteiger charge is -2.41. The molecule has 5 nitrogen and oxygen atoms in total. The molecule has 0 bridgehead atoms. The summed E-state index contributed by atoms with van der Waals surface area (Å²) < 4.78 is 0. The summed E-state index contributed by atoms with van der Waals surface area (Å²) >= 11 is 0. The molecule has 1 N–H and O–H groups in total. The van der Waals surface area contributed by atoms with Gasteiger partial charge in [0.25, 0.3) is 5.91 Å². The zero-order chi connectivity index (χ0) is 20.7. The minimum absolute atomic E-state index is 0.0579. The van der Waals surface area contributed by atoms with Crippen LogP contribution in [0.4, 0.5) is 0 Å². The van der Waals surface area contributed by atoms with Crippen LogP contribution in [0, 0.1) is 0 Å². The minimum Gasteiger partial charge on any atom is -0.343 e. The van der Waals surface area contributed by atoms with Crippen LogP contribution in [-0.4, -0.2) is 59.9 Å². The largest absolute Gasteiger partial charge is 0.343 e. The van der Waals surface area contributed by atoms with Crippen molar-refractivity contribution in [3.63, 3.8) is 0 Å². The molecule has 1 aromatic heterocycles. The van der Waals surface area contributed by atoms with E-state index in [2.05, 4.69) is 82.6 Å². The normalized spacial score (nSPS) is 15.8. The van der Waals surface area contributed by atoms with Gasteiger partial charge in [-0.25, -0.2) is 4.98 Å². The maximum Gasteiger partial charge on any atom is 0.271 e. The lowest BCUT2D eigenvalue weighted by Crippen LogP contribution is -2.41. The van der Waals surface area contributed by atoms with Crippen LogP contribution in [0.25, 0.3) is 0 Å². The predicted octanol–water partition coefficient (Wildman–Crippen LogP) is 3.81. The van der Waals surface area contributed by atoms with Gasteiger partial charge in [0.15, 0.2) is 0 Å². The molecule has 1 aliphatic rings. The van der Waals surface area contributed by atoms with E-state index in [-0.39, 0.29) is 11.3 Å². The third-order valence-electron chi connectivity index (χ3n) is 5.63. The Morgan fingerprint density at radius 1 is 0.966 bits per heavy atom. The molecule has 1 aliphatic heterocycles. The van der Waals surface area contributed by atoms with Crippen LogP contribution < -0.4 is 0 Å². The summed E-state index contributed by atoms with van der Waals surface area (Å²) in [6, 6.07) is 22.0. The van der Waals surface area contributed by atoms with Gasteiger partial charge in [-0.2, -0.15) is 0 Å². The molecule has 3 aromatic rings. The van der Waals surface area contributed by atoms with E-state index in [0.717, 1.165) is 0 Å². The van der Waals surface area contributed by atoms with E-state index in [4.69, 9.17) is 0 Å². The highest BCUT2D eigenvalue weighted by Crippen LogP contribution is 2.41. The Labute approximate surface area is 173 Å². The van der Waals surface area contributed by atoms with Gasteiger partial charge in [0.2, 0.25) is 0 Å². The summed E-state index contributed by atoms with van der Waals surface area (Å²) in [5.74, 6) is -0.0579. The number of imidazole rings is 1. The van der Waals surface area contributed by atoms with E-state index >= 15 is 0 Å². The van der Waals surface area contributed by atoms with Crippen molar-refractivity contribution in [2.24, 2.45) is 0 Å². The predicted molar refractivity (Wildman–Crippen MR) is 117 cm³/mol. The van der Waals surface area contributed by atoms with Gasteiger partial charge < -0.3 is 14.8 Å². The SMILES string of the molecule is CN(C)C(=O)c1cnc[nH]1.CN1CCC(c2ccccc2)(c2ccccc2)CC1. The number of likely N-dealkylation sites (tertiary alicyclic amines) is 1. The summed E-state index contributed by atoms with van der Waals surface area (Å²) in [6.45, 7) is 2.34. The number of hydrogen-bond donors (Lipinski definition) is 1. The average molecular weight is 391 g/mol. The third kappa shape index (κ3) is 4.93. The van der Waals surface area contributed by atoms with Crippen LogP contribution in [-0.2, 0) is 5.41 Å². The standard InChI is InChI=1S/C18H21N.C6H9N3O/c1-19-14-12-18(13-15-19,16-8-4-2-5-9-16)17-10-6-3-7-11-17;1-9(2)6(10)5-3-7-4-8-5/h2-11H,12-15H2,1H3;3-4H,1-2H3,(H,7,8). The van der Waals surface area contributed by atoms with Crippen molar-refractivity contribution < 1.29 is 4.79 Å². The van der Waals surface area contributed by atoms with Crippen molar-refractivity contribution in [3.05, 3.63) is 90.0 Å². The Hall–Kier alpha value is -2.92. The van der Waals surface area contributed by atoms with Gasteiger partial charge in [-0.05, 0) is 44.1 Å². The van der Waals surface area contributed by atoms with E-state index < -0.39 is 0 Å². The molecule has 2 heterocycles. The summed E-state index contributed by atoms with van der Waals surface area (Å²) in [5, 5.41) is 0. The number of H-pyrrole nitrogens is 1. The van der Waals surface area contributed by atoms with Crippen molar-refractivity contribution in [1.82, 2.24) is 19.8 Å².